The van der Waals surface area contributed by atoms with E-state index in [0.29, 0.717) is 120 Å². The van der Waals surface area contributed by atoms with E-state index in [1.165, 1.54) is 31.4 Å². The van der Waals surface area contributed by atoms with Crippen LogP contribution in [-0.4, -0.2) is 141 Å². The van der Waals surface area contributed by atoms with Crippen molar-refractivity contribution < 1.29 is 104 Å². The number of aromatic nitrogens is 4. The minimum atomic E-state index is -4.12. The number of ether oxygens (including phenoxy) is 5. The summed E-state index contributed by atoms with van der Waals surface area (Å²) in [6.45, 7) is 6.35. The highest BCUT2D eigenvalue weighted by atomic mass is 32.2. The molecule has 0 aliphatic carbocycles. The lowest BCUT2D eigenvalue weighted by atomic mass is 10.00. The molecule has 17 rings (SSSR count). The molecular weight excluding hydrogens is 1760 g/mol. The molecule has 0 aliphatic rings. The molecule has 0 saturated carbocycles. The largest absolute Gasteiger partial charge is 0.482 e. The van der Waals surface area contributed by atoms with Gasteiger partial charge in [0.05, 0.1) is 77.9 Å². The lowest BCUT2D eigenvalue weighted by molar-refractivity contribution is -0.143. The maximum absolute atomic E-state index is 13.8. The smallest absolute Gasteiger partial charge is 0.343 e. The van der Waals surface area contributed by atoms with Gasteiger partial charge >= 0.3 is 17.9 Å². The van der Waals surface area contributed by atoms with Crippen LogP contribution in [0.15, 0.2) is 272 Å². The summed E-state index contributed by atoms with van der Waals surface area (Å²) in [7, 11) is -2.88. The van der Waals surface area contributed by atoms with Gasteiger partial charge in [-0.2, -0.15) is 0 Å². The Morgan fingerprint density at radius 3 is 0.971 bits per heavy atom. The maximum Gasteiger partial charge on any atom is 0.343 e. The zero-order valence-corrected chi connectivity index (χ0v) is 74.6. The summed E-state index contributed by atoms with van der Waals surface area (Å²) in [6, 6.07) is 79.4. The molecule has 688 valence electrons. The van der Waals surface area contributed by atoms with Crippen LogP contribution in [0.2, 0.25) is 0 Å². The van der Waals surface area contributed by atoms with Gasteiger partial charge in [0.1, 0.15) is 28.8 Å². The number of Topliss-reactive ketones (excluding diaryl/α,β-unsaturated/α-hetero) is 4. The fourth-order valence-corrected chi connectivity index (χ4v) is 17.8. The third-order valence-electron chi connectivity index (χ3n) is 22.8. The highest BCUT2D eigenvalue weighted by molar-refractivity contribution is 7.90. The molecule has 0 bridgehead atoms. The highest BCUT2D eigenvalue weighted by Gasteiger charge is 2.34. The molecule has 0 atom stereocenters. The van der Waals surface area contributed by atoms with Crippen molar-refractivity contribution in [1.82, 2.24) is 23.0 Å². The Morgan fingerprint density at radius 2 is 0.640 bits per heavy atom. The first-order chi connectivity index (χ1) is 65.3. The summed E-state index contributed by atoms with van der Waals surface area (Å²) in [6.07, 6.45) is 0.463. The number of benzene rings is 13. The molecule has 30 nitrogen and oxygen atoms in total. The monoisotopic (exact) mass is 1850 g/mol. The first-order valence-corrected chi connectivity index (χ1v) is 43.8. The minimum absolute atomic E-state index is 0.0662. The number of fused-ring (bicyclic) bond motifs is 8. The zero-order valence-electron chi connectivity index (χ0n) is 73.8. The Balaban J connectivity index is 0.000000146. The van der Waals surface area contributed by atoms with E-state index in [4.69, 9.17) is 47.0 Å². The Hall–Kier alpha value is -17.4. The number of rotatable bonds is 31. The van der Waals surface area contributed by atoms with Crippen LogP contribution in [0.1, 0.15) is 93.4 Å². The molecule has 0 unspecified atom stereocenters. The van der Waals surface area contributed by atoms with Gasteiger partial charge in [-0.25, -0.2) is 31.9 Å². The van der Waals surface area contributed by atoms with E-state index in [9.17, 15) is 75.4 Å². The Labute approximate surface area is 774 Å². The van der Waals surface area contributed by atoms with Crippen LogP contribution < -0.4 is 46.6 Å². The summed E-state index contributed by atoms with van der Waals surface area (Å²) >= 11 is 0. The number of carbonyl (C=O) groups excluding carboxylic acids is 10. The van der Waals surface area contributed by atoms with E-state index in [1.807, 2.05) is 189 Å². The van der Waals surface area contributed by atoms with E-state index < -0.39 is 107 Å². The number of primary amides is 4. The van der Waals surface area contributed by atoms with Gasteiger partial charge in [0.2, 0.25) is 0 Å². The first kappa shape index (κ1) is 94.7. The summed E-state index contributed by atoms with van der Waals surface area (Å²) in [5.41, 5.74) is 30.3. The molecular formula is C104H88FN9O21S. The third kappa shape index (κ3) is 19.9. The number of ketones is 4. The van der Waals surface area contributed by atoms with Gasteiger partial charge in [-0.1, -0.05) is 225 Å². The van der Waals surface area contributed by atoms with Gasteiger partial charge < -0.3 is 75.1 Å². The average molecular weight is 1850 g/mol. The van der Waals surface area contributed by atoms with Crippen LogP contribution in [0.3, 0.4) is 0 Å². The van der Waals surface area contributed by atoms with E-state index >= 15 is 0 Å². The van der Waals surface area contributed by atoms with E-state index in [2.05, 4.69) is 4.74 Å². The van der Waals surface area contributed by atoms with Gasteiger partial charge in [-0.3, -0.25) is 43.2 Å². The number of halogens is 1. The number of nitrogens with one attached hydrogen (secondary N) is 1. The summed E-state index contributed by atoms with van der Waals surface area (Å²) < 4.78 is 76.5. The van der Waals surface area contributed by atoms with Crippen LogP contribution in [0.4, 0.5) is 4.39 Å². The van der Waals surface area contributed by atoms with E-state index in [0.717, 1.165) is 38.2 Å². The molecule has 5 amide bonds. The van der Waals surface area contributed by atoms with Crippen LogP contribution >= 0.6 is 0 Å². The Morgan fingerprint density at radius 1 is 0.353 bits per heavy atom. The zero-order chi connectivity index (χ0) is 97.1. The quantitative estimate of drug-likeness (QED) is 0.0120. The van der Waals surface area contributed by atoms with Gasteiger partial charge in [0.25, 0.3) is 62.7 Å². The molecule has 11 N–H and O–H groups in total. The number of methoxy groups -OCH3 is 1. The second-order valence-corrected chi connectivity index (χ2v) is 33.1. The number of hydrogen-bond acceptors (Lipinski definition) is 19. The van der Waals surface area contributed by atoms with E-state index in [1.54, 1.807) is 104 Å². The molecule has 13 aromatic carbocycles. The molecule has 0 radical (unpaired) electrons. The number of hydrogen-bond donors (Lipinski definition) is 7. The summed E-state index contributed by atoms with van der Waals surface area (Å²) in [5, 5.41) is 25.6. The van der Waals surface area contributed by atoms with Gasteiger partial charge in [-0.05, 0) is 120 Å². The SMILES string of the molecule is CCc1c(C(=O)C(N)=O)c2c(OCC(=O)O)c3ccccc3cc2n1Cc1ccccc1.COC(=O)COc1c2ccccc2cc2c1c(C(=O)C(N)=O)c(C)n2Cc1cccc(F)c1.Cc1c(C(=O)C(N)=O)c2c(OCC(=O)NS(=O)(=O)c3ccccc3)c3ccccc3cc2n1Cc1ccccc1.Cc1c(C(=O)C(N)=O)c2c(OCC(=O)O)c3ccccc3cc2n1Cc1ccccc1. The van der Waals surface area contributed by atoms with Crippen LogP contribution in [0, 0.1) is 26.6 Å². The topological polar surface area (TPSA) is 461 Å². The first-order valence-electron chi connectivity index (χ1n) is 42.3. The van der Waals surface area contributed by atoms with Gasteiger partial charge in [0.15, 0.2) is 26.4 Å². The van der Waals surface area contributed by atoms with Crippen molar-refractivity contribution in [1.29, 1.82) is 0 Å². The molecule has 0 saturated heterocycles. The molecule has 4 heterocycles. The molecule has 17 aromatic rings. The number of esters is 1. The third-order valence-corrected chi connectivity index (χ3v) is 24.2. The number of sulfonamides is 1. The van der Waals surface area contributed by atoms with Gasteiger partial charge in [0, 0.05) is 70.5 Å². The minimum Gasteiger partial charge on any atom is -0.482 e. The number of aliphatic carboxylic acids is 2. The number of nitrogens with two attached hydrogens (primary N) is 4. The van der Waals surface area contributed by atoms with Crippen LogP contribution in [0.25, 0.3) is 86.7 Å². The predicted octanol–water partition coefficient (Wildman–Crippen LogP) is 14.0. The molecule has 136 heavy (non-hydrogen) atoms. The van der Waals surface area contributed by atoms with Crippen molar-refractivity contribution in [3.63, 3.8) is 0 Å². The molecule has 0 fully saturated rings. The number of carbonyl (C=O) groups is 12. The highest BCUT2D eigenvalue weighted by Crippen LogP contribution is 2.46. The fraction of sp³-hybridized carbons (Fsp3) is 0.135. The van der Waals surface area contributed by atoms with E-state index in [-0.39, 0.29) is 62.5 Å². The number of carboxylic acid groups (broad SMARTS) is 2. The average Bonchev–Trinajstić information content (AvgIpc) is 1.57. The molecule has 0 spiro atoms. The standard InChI is InChI=1S/C30H25N3O6S.C25H21FN2O5.C25H22N2O5.C24H20N2O5/c1-19-26(28(35)30(31)36)27-24(33(19)17-20-10-4-2-5-11-20)16-21-12-8-9-15-23(21)29(27)39-18-25(34)32-40(37,38)22-13-6-3-7-14-22;1-14-21(23(30)25(27)31)22-19(28(14)12-15-6-5-8-17(26)10-15)11-16-7-3-4-9-18(16)24(22)33-13-20(29)32-2;1-2-18-21(23(30)25(26)31)22-19(27(18)13-15-8-4-3-5-9-15)12-16-10-6-7-11-17(16)24(22)32-14-20(28)29;1-14-20(22(29)24(25)30)21-18(26(14)12-15-7-3-2-4-8-15)11-16-9-5-6-10-17(16)23(21)31-13-19(27)28/h2-16H,17-18H2,1H3,(H2,31,36)(H,32,34);3-11H,12-13H2,1-2H3,(H2,27,31);3-12H,2,13-14H2,1H3,(H2,26,31)(H,28,29);2-11H,12-13H2,1H3,(H2,25,30)(H,27,28). The predicted molar refractivity (Wildman–Crippen MR) is 509 cm³/mol. The molecule has 0 aliphatic heterocycles. The second-order valence-electron chi connectivity index (χ2n) is 31.4. The molecule has 32 heteroatoms. The van der Waals surface area contributed by atoms with Crippen molar-refractivity contribution in [2.24, 2.45) is 22.9 Å². The maximum atomic E-state index is 13.8. The van der Waals surface area contributed by atoms with Gasteiger partial charge in [-0.15, -0.1) is 0 Å². The lowest BCUT2D eigenvalue weighted by Crippen LogP contribution is -2.34. The fourth-order valence-electron chi connectivity index (χ4n) is 16.8. The van der Waals surface area contributed by atoms with Crippen LogP contribution in [0.5, 0.6) is 23.0 Å². The van der Waals surface area contributed by atoms with Crippen LogP contribution in [-0.2, 0) is 85.7 Å². The molecule has 4 aromatic heterocycles. The number of nitrogens with zero attached hydrogens (tertiary/aromatic N) is 4. The normalized spacial score (nSPS) is 11.1. The number of amides is 5. The summed E-state index contributed by atoms with van der Waals surface area (Å²) in [5.74, 6) is -11.1. The van der Waals surface area contributed by atoms with Crippen molar-refractivity contribution >= 4 is 167 Å². The van der Waals surface area contributed by atoms with Crippen molar-refractivity contribution in [3.8, 4) is 23.0 Å². The summed E-state index contributed by atoms with van der Waals surface area (Å²) in [4.78, 5) is 147. The second kappa shape index (κ2) is 40.9. The van der Waals surface area contributed by atoms with Crippen molar-refractivity contribution in [2.45, 2.75) is 65.2 Å². The number of carboxylic acids is 2. The Bertz CT molecular complexity index is 7830. The Kier molecular flexibility index (Phi) is 28.5. The van der Waals surface area contributed by atoms with Crippen molar-refractivity contribution in [3.05, 3.63) is 340 Å². The lowest BCUT2D eigenvalue weighted by Gasteiger charge is -2.14. The van der Waals surface area contributed by atoms with Crippen molar-refractivity contribution in [2.75, 3.05) is 33.5 Å².